The smallest absolute Gasteiger partial charge is 0.267 e. The summed E-state index contributed by atoms with van der Waals surface area (Å²) in [6, 6.07) is 11.8. The summed E-state index contributed by atoms with van der Waals surface area (Å²) in [6.45, 7) is 6.50. The number of hydrogen-bond acceptors (Lipinski definition) is 6. The Morgan fingerprint density at radius 2 is 1.82 bits per heavy atom. The second-order valence-corrected chi connectivity index (χ2v) is 8.51. The Hall–Kier alpha value is -2.14. The molecule has 0 saturated carbocycles. The molecular weight excluding hydrogens is 370 g/mol. The number of nitriles is 1. The van der Waals surface area contributed by atoms with E-state index in [0.717, 1.165) is 68.5 Å². The van der Waals surface area contributed by atoms with E-state index in [0.29, 0.717) is 12.1 Å². The first kappa shape index (κ1) is 19.2. The van der Waals surface area contributed by atoms with E-state index in [2.05, 4.69) is 21.0 Å². The van der Waals surface area contributed by atoms with Crippen molar-refractivity contribution >= 4 is 11.8 Å². The molecule has 1 aromatic heterocycles. The molecule has 1 fully saturated rings. The van der Waals surface area contributed by atoms with Crippen LogP contribution < -0.4 is 5.56 Å². The summed E-state index contributed by atoms with van der Waals surface area (Å²) in [5.74, 6) is 2.01. The van der Waals surface area contributed by atoms with Gasteiger partial charge in [-0.25, -0.2) is 4.68 Å². The number of fused-ring (bicyclic) bond motifs is 1. The van der Waals surface area contributed by atoms with Gasteiger partial charge >= 0.3 is 0 Å². The SMILES string of the molecule is N#Cc1ccc(CN2CCN(CCn3nc4c(cc3=O)CSCC4)CC2)cc1. The Balaban J connectivity index is 1.27. The minimum atomic E-state index is 0.0284. The first-order valence-corrected chi connectivity index (χ1v) is 11.0. The zero-order chi connectivity index (χ0) is 19.3. The third kappa shape index (κ3) is 4.64. The van der Waals surface area contributed by atoms with E-state index < -0.39 is 0 Å². The van der Waals surface area contributed by atoms with Crippen molar-refractivity contribution in [3.8, 4) is 6.07 Å². The van der Waals surface area contributed by atoms with Crippen LogP contribution in [-0.4, -0.2) is 58.1 Å². The maximum atomic E-state index is 12.3. The van der Waals surface area contributed by atoms with Crippen LogP contribution in [0.3, 0.4) is 0 Å². The summed E-state index contributed by atoms with van der Waals surface area (Å²) in [6.07, 6.45) is 0.967. The molecule has 0 unspecified atom stereocenters. The molecule has 0 amide bonds. The fourth-order valence-corrected chi connectivity index (χ4v) is 4.71. The quantitative estimate of drug-likeness (QED) is 0.768. The van der Waals surface area contributed by atoms with Crippen LogP contribution >= 0.6 is 11.8 Å². The molecule has 7 heteroatoms. The second-order valence-electron chi connectivity index (χ2n) is 7.41. The van der Waals surface area contributed by atoms with Gasteiger partial charge in [-0.05, 0) is 29.0 Å². The van der Waals surface area contributed by atoms with Gasteiger partial charge in [0, 0.05) is 57.5 Å². The van der Waals surface area contributed by atoms with E-state index in [9.17, 15) is 4.79 Å². The third-order valence-corrected chi connectivity index (χ3v) is 6.50. The highest BCUT2D eigenvalue weighted by Crippen LogP contribution is 2.21. The zero-order valence-corrected chi connectivity index (χ0v) is 16.8. The van der Waals surface area contributed by atoms with E-state index >= 15 is 0 Å². The van der Waals surface area contributed by atoms with Gasteiger partial charge in [0.15, 0.2) is 0 Å². The van der Waals surface area contributed by atoms with Crippen molar-refractivity contribution in [2.75, 3.05) is 38.5 Å². The van der Waals surface area contributed by atoms with Crippen LogP contribution in [0.1, 0.15) is 22.4 Å². The van der Waals surface area contributed by atoms with E-state index in [1.54, 1.807) is 10.7 Å². The van der Waals surface area contributed by atoms with Crippen molar-refractivity contribution < 1.29 is 0 Å². The highest BCUT2D eigenvalue weighted by atomic mass is 32.2. The average molecular weight is 396 g/mol. The van der Waals surface area contributed by atoms with E-state index in [1.807, 2.05) is 36.0 Å². The number of aryl methyl sites for hydroxylation is 1. The summed E-state index contributed by atoms with van der Waals surface area (Å²) in [7, 11) is 0. The molecule has 6 nitrogen and oxygen atoms in total. The predicted molar refractivity (Wildman–Crippen MR) is 111 cm³/mol. The largest absolute Gasteiger partial charge is 0.299 e. The fourth-order valence-electron chi connectivity index (χ4n) is 3.76. The molecule has 0 spiro atoms. The summed E-state index contributed by atoms with van der Waals surface area (Å²) in [4.78, 5) is 17.2. The molecule has 1 aromatic carbocycles. The molecule has 1 saturated heterocycles. The summed E-state index contributed by atoms with van der Waals surface area (Å²) in [5, 5.41) is 13.5. The van der Waals surface area contributed by atoms with Crippen LogP contribution in [0.5, 0.6) is 0 Å². The molecule has 0 radical (unpaired) electrons. The Bertz CT molecular complexity index is 910. The van der Waals surface area contributed by atoms with E-state index in [4.69, 9.17) is 5.26 Å². The lowest BCUT2D eigenvalue weighted by atomic mass is 10.1. The van der Waals surface area contributed by atoms with E-state index in [-0.39, 0.29) is 5.56 Å². The van der Waals surface area contributed by atoms with Crippen molar-refractivity contribution in [3.63, 3.8) is 0 Å². The van der Waals surface area contributed by atoms with Crippen LogP contribution in [0, 0.1) is 11.3 Å². The molecule has 3 heterocycles. The van der Waals surface area contributed by atoms with Gasteiger partial charge in [0.2, 0.25) is 0 Å². The van der Waals surface area contributed by atoms with Crippen molar-refractivity contribution in [3.05, 3.63) is 63.1 Å². The number of aromatic nitrogens is 2. The normalized spacial score (nSPS) is 17.8. The highest BCUT2D eigenvalue weighted by molar-refractivity contribution is 7.98. The standard InChI is InChI=1S/C21H25N5OS/c22-14-17-1-3-18(4-2-17)15-25-8-6-24(7-9-25)10-11-26-21(27)13-19-16-28-12-5-20(19)23-26/h1-4,13H,5-12,15-16H2. The van der Waals surface area contributed by atoms with E-state index in [1.165, 1.54) is 5.56 Å². The van der Waals surface area contributed by atoms with Gasteiger partial charge in [-0.2, -0.15) is 22.1 Å². The topological polar surface area (TPSA) is 65.2 Å². The molecule has 0 aliphatic carbocycles. The number of nitrogens with zero attached hydrogens (tertiary/aromatic N) is 5. The Labute approximate surface area is 169 Å². The van der Waals surface area contributed by atoms with Crippen LogP contribution in [0.25, 0.3) is 0 Å². The molecule has 2 aliphatic heterocycles. The van der Waals surface area contributed by atoms with Crippen molar-refractivity contribution in [1.29, 1.82) is 5.26 Å². The summed E-state index contributed by atoms with van der Waals surface area (Å²) in [5.41, 5.74) is 4.20. The molecule has 2 aromatic rings. The van der Waals surface area contributed by atoms with Gasteiger partial charge in [-0.1, -0.05) is 12.1 Å². The first-order valence-electron chi connectivity index (χ1n) is 9.83. The van der Waals surface area contributed by atoms with Crippen molar-refractivity contribution in [2.45, 2.75) is 25.3 Å². The third-order valence-electron chi connectivity index (χ3n) is 5.49. The number of rotatable bonds is 5. The molecule has 0 N–H and O–H groups in total. The number of thioether (sulfide) groups is 1. The lowest BCUT2D eigenvalue weighted by molar-refractivity contribution is 0.122. The maximum Gasteiger partial charge on any atom is 0.267 e. The average Bonchev–Trinajstić information content (AvgIpc) is 2.74. The molecule has 2 aliphatic rings. The molecular formula is C21H25N5OS. The van der Waals surface area contributed by atoms with Crippen molar-refractivity contribution in [1.82, 2.24) is 19.6 Å². The van der Waals surface area contributed by atoms with Crippen LogP contribution in [0.2, 0.25) is 0 Å². The Kier molecular flexibility index (Phi) is 6.10. The Morgan fingerprint density at radius 1 is 1.07 bits per heavy atom. The molecule has 0 atom stereocenters. The van der Waals surface area contributed by atoms with Gasteiger partial charge in [0.1, 0.15) is 0 Å². The van der Waals surface area contributed by atoms with Gasteiger partial charge in [0.25, 0.3) is 5.56 Å². The predicted octanol–water partition coefficient (Wildman–Crippen LogP) is 1.72. The number of hydrogen-bond donors (Lipinski definition) is 0. The monoisotopic (exact) mass is 395 g/mol. The van der Waals surface area contributed by atoms with Gasteiger partial charge in [0.05, 0.1) is 23.9 Å². The lowest BCUT2D eigenvalue weighted by Crippen LogP contribution is -2.47. The van der Waals surface area contributed by atoms with Crippen LogP contribution in [0.4, 0.5) is 0 Å². The lowest BCUT2D eigenvalue weighted by Gasteiger charge is -2.34. The molecule has 28 heavy (non-hydrogen) atoms. The zero-order valence-electron chi connectivity index (χ0n) is 16.0. The van der Waals surface area contributed by atoms with Gasteiger partial charge in [-0.3, -0.25) is 14.6 Å². The minimum absolute atomic E-state index is 0.0284. The molecule has 146 valence electrons. The fraction of sp³-hybridized carbons (Fsp3) is 0.476. The maximum absolute atomic E-state index is 12.3. The van der Waals surface area contributed by atoms with Crippen molar-refractivity contribution in [2.24, 2.45) is 0 Å². The Morgan fingerprint density at radius 3 is 2.57 bits per heavy atom. The number of piperazine rings is 1. The molecule has 0 bridgehead atoms. The number of benzene rings is 1. The van der Waals surface area contributed by atoms with Gasteiger partial charge < -0.3 is 0 Å². The first-order chi connectivity index (χ1) is 13.7. The second kappa shape index (κ2) is 8.91. The summed E-state index contributed by atoms with van der Waals surface area (Å²) < 4.78 is 1.65. The van der Waals surface area contributed by atoms with Gasteiger partial charge in [-0.15, -0.1) is 0 Å². The molecule has 4 rings (SSSR count). The summed E-state index contributed by atoms with van der Waals surface area (Å²) >= 11 is 1.88. The van der Waals surface area contributed by atoms with Crippen LogP contribution in [0.15, 0.2) is 35.1 Å². The van der Waals surface area contributed by atoms with Crippen LogP contribution in [-0.2, 0) is 25.3 Å². The highest BCUT2D eigenvalue weighted by Gasteiger charge is 2.18. The minimum Gasteiger partial charge on any atom is -0.299 e.